The maximum absolute atomic E-state index is 11.3. The second-order valence-electron chi connectivity index (χ2n) is 3.21. The Morgan fingerprint density at radius 1 is 1.14 bits per heavy atom. The zero-order chi connectivity index (χ0) is 10.4. The van der Waals surface area contributed by atoms with Crippen LogP contribution in [0.1, 0.15) is 26.2 Å². The number of carbonyl (C=O) groups is 2. The molecule has 14 heavy (non-hydrogen) atoms. The number of hydrogen-bond donors (Lipinski definition) is 0. The molecule has 1 aliphatic heterocycles. The van der Waals surface area contributed by atoms with Crippen molar-refractivity contribution in [1.82, 2.24) is 4.90 Å². The van der Waals surface area contributed by atoms with Crippen LogP contribution in [-0.4, -0.2) is 36.8 Å². The smallest absolute Gasteiger partial charge is 0.412 e. The third kappa shape index (κ3) is 3.64. The first-order valence-corrected chi connectivity index (χ1v) is 4.75. The van der Waals surface area contributed by atoms with Crippen molar-refractivity contribution in [1.29, 1.82) is 0 Å². The van der Waals surface area contributed by atoms with Gasteiger partial charge in [0.15, 0.2) is 0 Å². The number of amides is 1. The Kier molecular flexibility index (Phi) is 4.22. The van der Waals surface area contributed by atoms with Crippen LogP contribution in [0.5, 0.6) is 0 Å². The monoisotopic (exact) mass is 201 g/mol. The lowest BCUT2D eigenvalue weighted by atomic mass is 10.1. The predicted molar refractivity (Wildman–Crippen MR) is 48.5 cm³/mol. The van der Waals surface area contributed by atoms with Gasteiger partial charge in [-0.2, -0.15) is 0 Å². The van der Waals surface area contributed by atoms with E-state index in [0.717, 1.165) is 32.4 Å². The molecule has 0 spiro atoms. The Morgan fingerprint density at radius 3 is 2.36 bits per heavy atom. The van der Waals surface area contributed by atoms with Crippen LogP contribution in [0.25, 0.3) is 0 Å². The number of likely N-dealkylation sites (tertiary alicyclic amines) is 1. The highest BCUT2D eigenvalue weighted by atomic mass is 16.7. The minimum absolute atomic E-state index is 0.287. The molecule has 0 aliphatic carbocycles. The molecule has 1 rings (SSSR count). The van der Waals surface area contributed by atoms with Gasteiger partial charge in [-0.05, 0) is 19.3 Å². The first-order valence-electron chi connectivity index (χ1n) is 4.75. The quantitative estimate of drug-likeness (QED) is 0.496. The van der Waals surface area contributed by atoms with Crippen LogP contribution in [0.3, 0.4) is 0 Å². The minimum atomic E-state index is -0.448. The van der Waals surface area contributed by atoms with Crippen molar-refractivity contribution in [3.05, 3.63) is 0 Å². The van der Waals surface area contributed by atoms with E-state index < -0.39 is 12.1 Å². The third-order valence-corrected chi connectivity index (χ3v) is 2.06. The van der Waals surface area contributed by atoms with Crippen molar-refractivity contribution in [2.24, 2.45) is 0 Å². The molecule has 0 radical (unpaired) electrons. The summed E-state index contributed by atoms with van der Waals surface area (Å²) in [6.07, 6.45) is 2.80. The molecule has 0 aromatic heterocycles. The summed E-state index contributed by atoms with van der Waals surface area (Å²) in [5, 5.41) is 0. The van der Waals surface area contributed by atoms with Crippen molar-refractivity contribution in [2.45, 2.75) is 26.2 Å². The van der Waals surface area contributed by atoms with Gasteiger partial charge in [-0.3, -0.25) is 4.79 Å². The number of rotatable bonds is 2. The van der Waals surface area contributed by atoms with Gasteiger partial charge in [0, 0.05) is 20.0 Å². The Bertz CT molecular complexity index is 211. The van der Waals surface area contributed by atoms with Gasteiger partial charge in [-0.1, -0.05) is 0 Å². The molecule has 1 fully saturated rings. The zero-order valence-electron chi connectivity index (χ0n) is 8.32. The van der Waals surface area contributed by atoms with Crippen molar-refractivity contribution in [3.8, 4) is 0 Å². The van der Waals surface area contributed by atoms with Crippen molar-refractivity contribution in [2.75, 3.05) is 19.9 Å². The molecule has 1 heterocycles. The number of nitrogens with zero attached hydrogens (tertiary/aromatic N) is 1. The number of piperidine rings is 1. The minimum Gasteiger partial charge on any atom is -0.428 e. The molecule has 80 valence electrons. The van der Waals surface area contributed by atoms with Gasteiger partial charge >= 0.3 is 12.1 Å². The van der Waals surface area contributed by atoms with Crippen molar-refractivity contribution >= 4 is 12.1 Å². The number of hydrogen-bond acceptors (Lipinski definition) is 4. The van der Waals surface area contributed by atoms with Crippen molar-refractivity contribution in [3.63, 3.8) is 0 Å². The molecular weight excluding hydrogens is 186 g/mol. The molecule has 0 N–H and O–H groups in total. The number of esters is 1. The van der Waals surface area contributed by atoms with Gasteiger partial charge in [0.05, 0.1) is 0 Å². The maximum atomic E-state index is 11.3. The van der Waals surface area contributed by atoms with E-state index in [0.29, 0.717) is 0 Å². The van der Waals surface area contributed by atoms with E-state index in [9.17, 15) is 9.59 Å². The Hall–Kier alpha value is -1.26. The lowest BCUT2D eigenvalue weighted by Crippen LogP contribution is -2.36. The zero-order valence-corrected chi connectivity index (χ0v) is 8.32. The molecule has 0 unspecified atom stereocenters. The second kappa shape index (κ2) is 5.47. The highest BCUT2D eigenvalue weighted by Gasteiger charge is 2.17. The van der Waals surface area contributed by atoms with Crippen LogP contribution in [-0.2, 0) is 14.3 Å². The lowest BCUT2D eigenvalue weighted by Gasteiger charge is -2.25. The van der Waals surface area contributed by atoms with E-state index in [1.807, 2.05) is 0 Å². The topological polar surface area (TPSA) is 55.8 Å². The fourth-order valence-corrected chi connectivity index (χ4v) is 1.33. The van der Waals surface area contributed by atoms with E-state index in [4.69, 9.17) is 4.74 Å². The molecule has 0 atom stereocenters. The fraction of sp³-hybridized carbons (Fsp3) is 0.778. The van der Waals surface area contributed by atoms with Gasteiger partial charge in [-0.15, -0.1) is 0 Å². The van der Waals surface area contributed by atoms with Gasteiger partial charge in [-0.25, -0.2) is 4.79 Å². The highest BCUT2D eigenvalue weighted by molar-refractivity contribution is 5.68. The van der Waals surface area contributed by atoms with Crippen LogP contribution < -0.4 is 0 Å². The molecule has 1 amide bonds. The van der Waals surface area contributed by atoms with E-state index in [1.54, 1.807) is 4.90 Å². The first-order chi connectivity index (χ1) is 6.70. The maximum Gasteiger partial charge on any atom is 0.412 e. The molecule has 0 bridgehead atoms. The normalized spacial score (nSPS) is 16.2. The Labute approximate surface area is 83.0 Å². The average Bonchev–Trinajstić information content (AvgIpc) is 2.18. The van der Waals surface area contributed by atoms with E-state index >= 15 is 0 Å². The molecule has 0 aromatic carbocycles. The van der Waals surface area contributed by atoms with Crippen LogP contribution >= 0.6 is 0 Å². The van der Waals surface area contributed by atoms with Crippen LogP contribution in [0, 0.1) is 0 Å². The van der Waals surface area contributed by atoms with E-state index in [2.05, 4.69) is 4.74 Å². The predicted octanol–water partition coefficient (Wildman–Crippen LogP) is 1.13. The van der Waals surface area contributed by atoms with Crippen LogP contribution in [0.2, 0.25) is 0 Å². The summed E-state index contributed by atoms with van der Waals surface area (Å²) in [7, 11) is 0. The fourth-order valence-electron chi connectivity index (χ4n) is 1.33. The molecule has 1 aliphatic rings. The van der Waals surface area contributed by atoms with Gasteiger partial charge in [0.2, 0.25) is 6.79 Å². The second-order valence-corrected chi connectivity index (χ2v) is 3.21. The lowest BCUT2D eigenvalue weighted by molar-refractivity contribution is -0.149. The van der Waals surface area contributed by atoms with E-state index in [-0.39, 0.29) is 6.79 Å². The standard InChI is InChI=1S/C9H15NO4/c1-8(11)13-7-14-9(12)10-5-3-2-4-6-10/h2-7H2,1H3. The first kappa shape index (κ1) is 10.8. The van der Waals surface area contributed by atoms with Gasteiger partial charge in [0.1, 0.15) is 0 Å². The van der Waals surface area contributed by atoms with E-state index in [1.165, 1.54) is 6.92 Å². The Balaban J connectivity index is 2.16. The van der Waals surface area contributed by atoms with Crippen LogP contribution in [0.15, 0.2) is 0 Å². The van der Waals surface area contributed by atoms with Gasteiger partial charge in [0.25, 0.3) is 0 Å². The number of carbonyl (C=O) groups excluding carboxylic acids is 2. The summed E-state index contributed by atoms with van der Waals surface area (Å²) < 4.78 is 9.23. The molecule has 0 aromatic rings. The average molecular weight is 201 g/mol. The van der Waals surface area contributed by atoms with Gasteiger partial charge < -0.3 is 14.4 Å². The molecule has 5 nitrogen and oxygen atoms in total. The summed E-state index contributed by atoms with van der Waals surface area (Å²) in [5.74, 6) is -0.448. The molecular formula is C9H15NO4. The molecule has 1 saturated heterocycles. The van der Waals surface area contributed by atoms with Crippen molar-refractivity contribution < 1.29 is 19.1 Å². The molecule has 0 saturated carbocycles. The summed E-state index contributed by atoms with van der Waals surface area (Å²) in [4.78, 5) is 23.3. The highest BCUT2D eigenvalue weighted by Crippen LogP contribution is 2.09. The summed E-state index contributed by atoms with van der Waals surface area (Å²) in [6, 6.07) is 0. The molecule has 5 heteroatoms. The summed E-state index contributed by atoms with van der Waals surface area (Å²) in [6.45, 7) is 2.46. The SMILES string of the molecule is CC(=O)OCOC(=O)N1CCCCC1. The summed E-state index contributed by atoms with van der Waals surface area (Å²) in [5.41, 5.74) is 0. The summed E-state index contributed by atoms with van der Waals surface area (Å²) >= 11 is 0. The van der Waals surface area contributed by atoms with Crippen LogP contribution in [0.4, 0.5) is 4.79 Å². The number of ether oxygens (including phenoxy) is 2. The Morgan fingerprint density at radius 2 is 1.79 bits per heavy atom. The third-order valence-electron chi connectivity index (χ3n) is 2.06. The largest absolute Gasteiger partial charge is 0.428 e.